The van der Waals surface area contributed by atoms with Gasteiger partial charge in [0.05, 0.1) is 5.54 Å². The number of nitrogens with zero attached hydrogens (tertiary/aromatic N) is 2. The summed E-state index contributed by atoms with van der Waals surface area (Å²) in [5.74, 6) is 0.0236. The van der Waals surface area contributed by atoms with Crippen molar-refractivity contribution >= 4 is 5.91 Å². The highest BCUT2D eigenvalue weighted by Gasteiger charge is 2.45. The largest absolute Gasteiger partial charge is 0.354 e. The van der Waals surface area contributed by atoms with Gasteiger partial charge in [0.15, 0.2) is 0 Å². The summed E-state index contributed by atoms with van der Waals surface area (Å²) in [7, 11) is 2.18. The molecular formula is C18H28N4O. The topological polar surface area (TPSA) is 61.6 Å². The Kier molecular flexibility index (Phi) is 4.99. The number of rotatable bonds is 6. The maximum absolute atomic E-state index is 11.9. The predicted octanol–water partition coefficient (Wildman–Crippen LogP) is 0.973. The first-order chi connectivity index (χ1) is 11.1. The molecule has 0 bridgehead atoms. The fraction of sp³-hybridized carbons (Fsp3) is 0.611. The van der Waals surface area contributed by atoms with Crippen LogP contribution < -0.4 is 11.1 Å². The van der Waals surface area contributed by atoms with Crippen molar-refractivity contribution in [3.63, 3.8) is 0 Å². The maximum Gasteiger partial charge on any atom is 0.240 e. The number of hydrogen-bond donors (Lipinski definition) is 2. The maximum atomic E-state index is 11.9. The molecule has 1 amide bonds. The van der Waals surface area contributed by atoms with Crippen LogP contribution in [-0.4, -0.2) is 61.0 Å². The molecule has 2 aliphatic rings. The van der Waals surface area contributed by atoms with E-state index in [1.54, 1.807) is 0 Å². The second kappa shape index (κ2) is 6.99. The second-order valence-corrected chi connectivity index (χ2v) is 6.99. The van der Waals surface area contributed by atoms with Gasteiger partial charge < -0.3 is 16.0 Å². The van der Waals surface area contributed by atoms with Crippen LogP contribution in [0.5, 0.6) is 0 Å². The highest BCUT2D eigenvalue weighted by molar-refractivity contribution is 5.88. The van der Waals surface area contributed by atoms with E-state index in [1.165, 1.54) is 5.56 Å². The van der Waals surface area contributed by atoms with Gasteiger partial charge in [-0.25, -0.2) is 0 Å². The minimum absolute atomic E-state index is 0.0236. The van der Waals surface area contributed by atoms with Crippen LogP contribution in [0, 0.1) is 0 Å². The molecule has 0 aromatic heterocycles. The molecule has 0 spiro atoms. The van der Waals surface area contributed by atoms with Crippen molar-refractivity contribution in [2.45, 2.75) is 30.8 Å². The van der Waals surface area contributed by atoms with Gasteiger partial charge in [-0.05, 0) is 31.9 Å². The highest BCUT2D eigenvalue weighted by Crippen LogP contribution is 2.32. The monoisotopic (exact) mass is 316 g/mol. The highest BCUT2D eigenvalue weighted by atomic mass is 16.2. The number of hydrogen-bond acceptors (Lipinski definition) is 4. The molecule has 1 aromatic rings. The zero-order valence-corrected chi connectivity index (χ0v) is 14.0. The summed E-state index contributed by atoms with van der Waals surface area (Å²) in [4.78, 5) is 16.8. The van der Waals surface area contributed by atoms with E-state index in [-0.39, 0.29) is 5.91 Å². The molecule has 5 heteroatoms. The molecule has 1 saturated heterocycles. The molecule has 1 heterocycles. The number of nitrogens with two attached hydrogens (primary N) is 1. The van der Waals surface area contributed by atoms with Crippen LogP contribution in [0.1, 0.15) is 30.9 Å². The van der Waals surface area contributed by atoms with Gasteiger partial charge >= 0.3 is 0 Å². The summed E-state index contributed by atoms with van der Waals surface area (Å²) in [6.07, 6.45) is 2.62. The third-order valence-corrected chi connectivity index (χ3v) is 5.03. The quantitative estimate of drug-likeness (QED) is 0.768. The van der Waals surface area contributed by atoms with Crippen LogP contribution in [0.2, 0.25) is 0 Å². The van der Waals surface area contributed by atoms with Gasteiger partial charge in [0.1, 0.15) is 0 Å². The van der Waals surface area contributed by atoms with E-state index in [0.717, 1.165) is 45.4 Å². The molecule has 3 N–H and O–H groups in total. The molecular weight excluding hydrogens is 288 g/mol. The number of benzene rings is 1. The fourth-order valence-corrected chi connectivity index (χ4v) is 3.24. The van der Waals surface area contributed by atoms with Gasteiger partial charge in [-0.3, -0.25) is 9.69 Å². The lowest BCUT2D eigenvalue weighted by atomic mass is 10.0. The number of likely N-dealkylation sites (N-methyl/N-ethyl adjacent to an activating group) is 1. The first-order valence-corrected chi connectivity index (χ1v) is 8.63. The summed E-state index contributed by atoms with van der Waals surface area (Å²) in [6.45, 7) is 4.95. The van der Waals surface area contributed by atoms with E-state index in [9.17, 15) is 4.79 Å². The Labute approximate surface area is 138 Å². The average Bonchev–Trinajstić information content (AvgIpc) is 3.32. The van der Waals surface area contributed by atoms with E-state index in [0.29, 0.717) is 12.6 Å². The van der Waals surface area contributed by atoms with Gasteiger partial charge in [0, 0.05) is 38.8 Å². The number of amides is 1. The number of nitrogens with one attached hydrogen (secondary N) is 1. The van der Waals surface area contributed by atoms with Crippen molar-refractivity contribution in [2.75, 3.05) is 39.8 Å². The standard InChI is InChI=1S/C18H28N4O/c1-21-12-13-22(16(14-21)15-6-3-2-4-7-15)11-5-10-20-17(23)18(19)8-9-18/h2-4,6-7,16H,5,8-14,19H2,1H3,(H,20,23). The molecule has 1 aliphatic carbocycles. The lowest BCUT2D eigenvalue weighted by Crippen LogP contribution is -2.48. The van der Waals surface area contributed by atoms with Crippen molar-refractivity contribution in [3.05, 3.63) is 35.9 Å². The van der Waals surface area contributed by atoms with Crippen LogP contribution in [0.3, 0.4) is 0 Å². The average molecular weight is 316 g/mol. The molecule has 1 unspecified atom stereocenters. The molecule has 2 fully saturated rings. The third-order valence-electron chi connectivity index (χ3n) is 5.03. The normalized spacial score (nSPS) is 24.3. The molecule has 126 valence electrons. The van der Waals surface area contributed by atoms with Crippen molar-refractivity contribution < 1.29 is 4.79 Å². The molecule has 1 aliphatic heterocycles. The number of piperazine rings is 1. The summed E-state index contributed by atoms with van der Waals surface area (Å²) < 4.78 is 0. The summed E-state index contributed by atoms with van der Waals surface area (Å²) in [5, 5.41) is 2.99. The van der Waals surface area contributed by atoms with E-state index in [4.69, 9.17) is 5.73 Å². The van der Waals surface area contributed by atoms with Crippen LogP contribution in [0.15, 0.2) is 30.3 Å². The Morgan fingerprint density at radius 3 is 2.74 bits per heavy atom. The fourth-order valence-electron chi connectivity index (χ4n) is 3.24. The summed E-state index contributed by atoms with van der Waals surface area (Å²) in [5.41, 5.74) is 6.72. The minimum Gasteiger partial charge on any atom is -0.354 e. The van der Waals surface area contributed by atoms with Gasteiger partial charge in [-0.15, -0.1) is 0 Å². The van der Waals surface area contributed by atoms with Crippen molar-refractivity contribution in [1.82, 2.24) is 15.1 Å². The van der Waals surface area contributed by atoms with E-state index in [2.05, 4.69) is 52.5 Å². The smallest absolute Gasteiger partial charge is 0.240 e. The zero-order valence-electron chi connectivity index (χ0n) is 14.0. The molecule has 23 heavy (non-hydrogen) atoms. The van der Waals surface area contributed by atoms with Crippen LogP contribution in [-0.2, 0) is 4.79 Å². The third kappa shape index (κ3) is 4.10. The minimum atomic E-state index is -0.555. The van der Waals surface area contributed by atoms with E-state index < -0.39 is 5.54 Å². The van der Waals surface area contributed by atoms with Gasteiger partial charge in [0.2, 0.25) is 5.91 Å². The SMILES string of the molecule is CN1CCN(CCCNC(=O)C2(N)CC2)C(c2ccccc2)C1. The van der Waals surface area contributed by atoms with Crippen molar-refractivity contribution in [2.24, 2.45) is 5.73 Å². The molecule has 1 atom stereocenters. The Balaban J connectivity index is 1.50. The second-order valence-electron chi connectivity index (χ2n) is 6.99. The Hall–Kier alpha value is -1.43. The first-order valence-electron chi connectivity index (χ1n) is 8.63. The summed E-state index contributed by atoms with van der Waals surface area (Å²) >= 11 is 0. The van der Waals surface area contributed by atoms with Crippen LogP contribution in [0.25, 0.3) is 0 Å². The molecule has 1 aromatic carbocycles. The zero-order chi connectivity index (χ0) is 16.3. The molecule has 0 radical (unpaired) electrons. The lowest BCUT2D eigenvalue weighted by molar-refractivity contribution is -0.123. The number of carbonyl (C=O) groups excluding carboxylic acids is 1. The van der Waals surface area contributed by atoms with Crippen LogP contribution >= 0.6 is 0 Å². The first kappa shape index (κ1) is 16.4. The van der Waals surface area contributed by atoms with E-state index >= 15 is 0 Å². The Bertz CT molecular complexity index is 529. The Morgan fingerprint density at radius 2 is 2.04 bits per heavy atom. The van der Waals surface area contributed by atoms with Crippen molar-refractivity contribution in [1.29, 1.82) is 0 Å². The Morgan fingerprint density at radius 1 is 1.30 bits per heavy atom. The van der Waals surface area contributed by atoms with Gasteiger partial charge in [-0.2, -0.15) is 0 Å². The predicted molar refractivity (Wildman–Crippen MR) is 92.0 cm³/mol. The van der Waals surface area contributed by atoms with Gasteiger partial charge in [-0.1, -0.05) is 30.3 Å². The van der Waals surface area contributed by atoms with Crippen LogP contribution in [0.4, 0.5) is 0 Å². The van der Waals surface area contributed by atoms with E-state index in [1.807, 2.05) is 0 Å². The molecule has 3 rings (SSSR count). The molecule has 5 nitrogen and oxygen atoms in total. The van der Waals surface area contributed by atoms with Crippen molar-refractivity contribution in [3.8, 4) is 0 Å². The summed E-state index contributed by atoms with van der Waals surface area (Å²) in [6, 6.07) is 11.1. The number of carbonyl (C=O) groups is 1. The lowest BCUT2D eigenvalue weighted by Gasteiger charge is -2.40. The molecule has 1 saturated carbocycles. The van der Waals surface area contributed by atoms with Gasteiger partial charge in [0.25, 0.3) is 0 Å².